The molecular formula is C26H52N2O14P2+2. The molecule has 1 aromatic rings. The van der Waals surface area contributed by atoms with Crippen LogP contribution in [0, 0.1) is 0 Å². The van der Waals surface area contributed by atoms with Crippen molar-refractivity contribution in [2.75, 3.05) is 53.0 Å². The molecule has 8 atom stereocenters. The molecule has 0 fully saturated rings. The zero-order chi connectivity index (χ0) is 34.0. The van der Waals surface area contributed by atoms with Crippen LogP contribution in [0.4, 0.5) is 0 Å². The largest absolute Gasteiger partial charge is 0.400 e. The summed E-state index contributed by atoms with van der Waals surface area (Å²) in [6.07, 6.45) is -7.09. The van der Waals surface area contributed by atoms with Crippen molar-refractivity contribution in [3.63, 3.8) is 0 Å². The van der Waals surface area contributed by atoms with E-state index in [9.17, 15) is 49.4 Å². The molecular weight excluding hydrogens is 626 g/mol. The van der Waals surface area contributed by atoms with Crippen LogP contribution in [0.2, 0.25) is 0 Å². The molecule has 0 spiro atoms. The Morgan fingerprint density at radius 3 is 1.50 bits per heavy atom. The van der Waals surface area contributed by atoms with Gasteiger partial charge in [-0.3, -0.25) is 19.6 Å². The van der Waals surface area contributed by atoms with E-state index in [2.05, 4.69) is 0 Å². The Labute approximate surface area is 260 Å². The summed E-state index contributed by atoms with van der Waals surface area (Å²) in [6, 6.07) is 9.16. The van der Waals surface area contributed by atoms with Gasteiger partial charge in [-0.15, -0.1) is 0 Å². The monoisotopic (exact) mass is 678 g/mol. The number of rotatable bonds is 19. The van der Waals surface area contributed by atoms with Gasteiger partial charge in [-0.25, -0.2) is 10.1 Å². The zero-order valence-corrected chi connectivity index (χ0v) is 26.6. The molecule has 0 aliphatic heterocycles. The molecule has 0 radical (unpaired) electrons. The fourth-order valence-electron chi connectivity index (χ4n) is 2.98. The molecule has 1 aromatic carbocycles. The number of aliphatic hydroxyl groups is 8. The van der Waals surface area contributed by atoms with E-state index >= 15 is 0 Å². The van der Waals surface area contributed by atoms with Crippen LogP contribution < -0.4 is 0 Å². The Hall–Kier alpha value is -2.04. The third-order valence-electron chi connectivity index (χ3n) is 5.28. The van der Waals surface area contributed by atoms with Crippen LogP contribution >= 0.6 is 15.6 Å². The first-order chi connectivity index (χ1) is 20.3. The van der Waals surface area contributed by atoms with E-state index < -0.39 is 58.8 Å². The molecule has 9 N–H and O–H groups in total. The molecule has 0 aromatic heterocycles. The number of benzene rings is 1. The van der Waals surface area contributed by atoms with Crippen LogP contribution in [0.15, 0.2) is 30.3 Å². The number of amides is 2. The first-order valence-corrected chi connectivity index (χ1v) is 16.6. The van der Waals surface area contributed by atoms with E-state index in [1.54, 1.807) is 0 Å². The van der Waals surface area contributed by atoms with Gasteiger partial charge in [0.15, 0.2) is 0 Å². The van der Waals surface area contributed by atoms with E-state index in [1.165, 1.54) is 13.3 Å². The summed E-state index contributed by atoms with van der Waals surface area (Å²) in [5.74, 6) is 0. The Morgan fingerprint density at radius 1 is 0.727 bits per heavy atom. The highest BCUT2D eigenvalue weighted by Gasteiger charge is 2.29. The molecule has 258 valence electrons. The second kappa shape index (κ2) is 31.0. The van der Waals surface area contributed by atoms with E-state index in [1.807, 2.05) is 30.3 Å². The molecule has 1 rings (SSSR count). The zero-order valence-electron chi connectivity index (χ0n) is 24.8. The number of carbonyl (C=O) groups is 2. The van der Waals surface area contributed by atoms with Gasteiger partial charge < -0.3 is 40.9 Å². The fourth-order valence-corrected chi connectivity index (χ4v) is 4.23. The second-order valence-corrected chi connectivity index (χ2v) is 12.1. The van der Waals surface area contributed by atoms with Gasteiger partial charge in [-0.05, 0) is 5.56 Å². The predicted octanol–water partition coefficient (Wildman–Crippen LogP) is -0.876. The van der Waals surface area contributed by atoms with Crippen LogP contribution in [0.1, 0.15) is 25.8 Å². The van der Waals surface area contributed by atoms with Crippen molar-refractivity contribution >= 4 is 28.4 Å². The molecule has 2 unspecified atom stereocenters. The average molecular weight is 679 g/mol. The first-order valence-electron chi connectivity index (χ1n) is 12.9. The van der Waals surface area contributed by atoms with Crippen LogP contribution in [0.25, 0.3) is 0 Å². The van der Waals surface area contributed by atoms with Gasteiger partial charge >= 0.3 is 15.6 Å². The third-order valence-corrected chi connectivity index (χ3v) is 7.05. The summed E-state index contributed by atoms with van der Waals surface area (Å²) in [4.78, 5) is 26.2. The van der Waals surface area contributed by atoms with Crippen molar-refractivity contribution in [2.45, 2.75) is 63.5 Å². The quantitative estimate of drug-likeness (QED) is 0.0373. The number of hydroxylamine groups is 4. The van der Waals surface area contributed by atoms with Crippen LogP contribution in [-0.4, -0.2) is 159 Å². The van der Waals surface area contributed by atoms with Crippen molar-refractivity contribution in [3.05, 3.63) is 35.9 Å². The fraction of sp³-hybridized carbons (Fsp3) is 0.692. The molecule has 0 bridgehead atoms. The topological polar surface area (TPSA) is 266 Å². The number of nitrogens with zero attached hydrogens (tertiary/aromatic N) is 2. The van der Waals surface area contributed by atoms with Crippen molar-refractivity contribution in [3.8, 4) is 0 Å². The van der Waals surface area contributed by atoms with Gasteiger partial charge in [0.1, 0.15) is 56.7 Å². The first kappa shape index (κ1) is 48.9. The van der Waals surface area contributed by atoms with Crippen LogP contribution in [0.3, 0.4) is 0 Å². The predicted molar refractivity (Wildman–Crippen MR) is 164 cm³/mol. The highest BCUT2D eigenvalue weighted by Crippen LogP contribution is 2.19. The molecule has 16 nitrogen and oxygen atoms in total. The minimum Gasteiger partial charge on any atom is -0.400 e. The number of hydrogen-bond donors (Lipinski definition) is 9. The molecule has 2 amide bonds. The lowest BCUT2D eigenvalue weighted by Gasteiger charge is -2.26. The highest BCUT2D eigenvalue weighted by atomic mass is 31.1. The number of hydrogen-bond acceptors (Lipinski definition) is 14. The molecule has 44 heavy (non-hydrogen) atoms. The van der Waals surface area contributed by atoms with Crippen molar-refractivity contribution in [1.29, 1.82) is 0 Å². The lowest BCUT2D eigenvalue weighted by atomic mass is 10.1. The smallest absolute Gasteiger partial charge is 0.335 e. The Kier molecular flexibility index (Phi) is 34.4. The van der Waals surface area contributed by atoms with E-state index in [0.717, 1.165) is 24.8 Å². The van der Waals surface area contributed by atoms with Crippen LogP contribution in [0.5, 0.6) is 0 Å². The minimum absolute atomic E-state index is 0. The third kappa shape index (κ3) is 25.3. The number of aliphatic hydroxyl groups excluding tert-OH is 8. The van der Waals surface area contributed by atoms with Gasteiger partial charge in [0, 0.05) is 27.1 Å². The van der Waals surface area contributed by atoms with Gasteiger partial charge in [-0.1, -0.05) is 46.9 Å². The second-order valence-electron chi connectivity index (χ2n) is 8.72. The molecule has 0 saturated heterocycles. The molecule has 0 aliphatic carbocycles. The maximum atomic E-state index is 11.0. The molecule has 18 heteroatoms. The lowest BCUT2D eigenvalue weighted by molar-refractivity contribution is -0.192. The van der Waals surface area contributed by atoms with Crippen molar-refractivity contribution in [1.82, 2.24) is 10.1 Å². The van der Waals surface area contributed by atoms with E-state index in [4.69, 9.17) is 20.3 Å². The normalized spacial score (nSPS) is 14.8. The summed E-state index contributed by atoms with van der Waals surface area (Å²) in [6.45, 7) is 2.37. The van der Waals surface area contributed by atoms with Gasteiger partial charge in [0.25, 0.3) is 0 Å². The SMILES string of the molecule is C.CO.CO.C[P+](=O)CC[C@@H](O)[C@@H](O)[C@@H](O)CN(C=O)OCc1ccccc1.C[P+](=O)CC[C@@H](O)[C@@H](O)[C@@H](O)CN(O)C=O. The molecule has 0 saturated carbocycles. The summed E-state index contributed by atoms with van der Waals surface area (Å²) in [7, 11) is -0.838. The molecule has 0 heterocycles. The Bertz CT molecular complexity index is 859. The average Bonchev–Trinajstić information content (AvgIpc) is 3.02. The van der Waals surface area contributed by atoms with Crippen LogP contribution in [-0.2, 0) is 30.2 Å². The van der Waals surface area contributed by atoms with Gasteiger partial charge in [0.05, 0.1) is 25.3 Å². The Balaban J connectivity index is -0.000000336. The van der Waals surface area contributed by atoms with Gasteiger partial charge in [0.2, 0.25) is 12.8 Å². The molecule has 0 aliphatic rings. The van der Waals surface area contributed by atoms with E-state index in [-0.39, 0.29) is 57.2 Å². The summed E-state index contributed by atoms with van der Waals surface area (Å²) in [5, 5.41) is 81.4. The van der Waals surface area contributed by atoms with E-state index in [0.29, 0.717) is 6.41 Å². The number of carbonyl (C=O) groups excluding carboxylic acids is 2. The van der Waals surface area contributed by atoms with Crippen molar-refractivity contribution in [2.24, 2.45) is 0 Å². The Morgan fingerprint density at radius 2 is 1.14 bits per heavy atom. The summed E-state index contributed by atoms with van der Waals surface area (Å²) < 4.78 is 21.8. The lowest BCUT2D eigenvalue weighted by Crippen LogP contribution is -2.44. The highest BCUT2D eigenvalue weighted by molar-refractivity contribution is 7.43. The maximum Gasteiger partial charge on any atom is 0.335 e. The van der Waals surface area contributed by atoms with Crippen molar-refractivity contribution < 1.29 is 69.6 Å². The standard InChI is InChI=1S/C15H23NO6P.C8H17NO6P.2CH4O.CH4/c1-23(21)8-7-13(18)15(20)14(19)9-16(11-17)22-10-12-5-3-2-4-6-12;1-16(15)3-2-6(11)8(13)7(12)4-9(14)5-10;2*1-2;/h2-6,11,13-15,18-20H,7-10H2,1H3;5-8,11-14H,2-4H2,1H3;2*2H,1H3;1H4/q2*+1;;;/t13-,14+,15-;6-,7+,8-;;;/m11.../s1. The minimum atomic E-state index is -1.50. The van der Waals surface area contributed by atoms with Gasteiger partial charge in [-0.2, -0.15) is 0 Å². The maximum absolute atomic E-state index is 11.0. The summed E-state index contributed by atoms with van der Waals surface area (Å²) >= 11 is 0. The summed E-state index contributed by atoms with van der Waals surface area (Å²) in [5.41, 5.74) is 0.848.